The summed E-state index contributed by atoms with van der Waals surface area (Å²) in [6, 6.07) is 17.6. The molecular formula is C22H27N5O2. The molecule has 29 heavy (non-hydrogen) atoms. The zero-order valence-electron chi connectivity index (χ0n) is 17.3. The molecule has 0 spiro atoms. The molecule has 0 unspecified atom stereocenters. The molecule has 2 N–H and O–H groups in total. The van der Waals surface area contributed by atoms with Crippen LogP contribution in [0, 0.1) is 0 Å². The van der Waals surface area contributed by atoms with Gasteiger partial charge < -0.3 is 25.0 Å². The molecule has 152 valence electrons. The minimum Gasteiger partial charge on any atom is -0.497 e. The number of hydrogen-bond donors (Lipinski definition) is 2. The van der Waals surface area contributed by atoms with Crippen molar-refractivity contribution in [1.82, 2.24) is 14.9 Å². The Morgan fingerprint density at radius 3 is 2.21 bits per heavy atom. The standard InChI is InChI=1S/C22H27N5O2/c1-27(2)11-10-23-22-25-20(16-8-6-5-7-9-16)15-21(26-22)24-17-12-18(28-3)14-19(13-17)29-4/h5-9,12-15H,10-11H2,1-4H3,(H2,23,24,25,26). The van der Waals surface area contributed by atoms with Gasteiger partial charge in [-0.25, -0.2) is 4.98 Å². The lowest BCUT2D eigenvalue weighted by Crippen LogP contribution is -2.21. The van der Waals surface area contributed by atoms with Crippen LogP contribution in [0.3, 0.4) is 0 Å². The number of hydrogen-bond acceptors (Lipinski definition) is 7. The summed E-state index contributed by atoms with van der Waals surface area (Å²) in [5, 5.41) is 6.65. The van der Waals surface area contributed by atoms with Crippen molar-refractivity contribution in [3.63, 3.8) is 0 Å². The number of ether oxygens (including phenoxy) is 2. The third kappa shape index (κ3) is 5.83. The van der Waals surface area contributed by atoms with Crippen LogP contribution in [0.15, 0.2) is 54.6 Å². The molecule has 0 saturated heterocycles. The molecule has 3 rings (SSSR count). The Balaban J connectivity index is 1.92. The average molecular weight is 393 g/mol. The highest BCUT2D eigenvalue weighted by Crippen LogP contribution is 2.29. The lowest BCUT2D eigenvalue weighted by molar-refractivity contribution is 0.395. The fourth-order valence-corrected chi connectivity index (χ4v) is 2.77. The number of benzene rings is 2. The maximum Gasteiger partial charge on any atom is 0.225 e. The van der Waals surface area contributed by atoms with E-state index in [1.807, 2.05) is 68.7 Å². The fourth-order valence-electron chi connectivity index (χ4n) is 2.77. The van der Waals surface area contributed by atoms with Gasteiger partial charge in [0, 0.05) is 48.6 Å². The minimum absolute atomic E-state index is 0.575. The molecule has 0 amide bonds. The van der Waals surface area contributed by atoms with Gasteiger partial charge in [-0.3, -0.25) is 0 Å². The van der Waals surface area contributed by atoms with Crippen LogP contribution in [0.2, 0.25) is 0 Å². The van der Waals surface area contributed by atoms with Crippen LogP contribution >= 0.6 is 0 Å². The van der Waals surface area contributed by atoms with Crippen LogP contribution in [0.1, 0.15) is 0 Å². The molecule has 0 fully saturated rings. The van der Waals surface area contributed by atoms with Crippen molar-refractivity contribution in [2.45, 2.75) is 0 Å². The SMILES string of the molecule is COc1cc(Nc2cc(-c3ccccc3)nc(NCCN(C)C)n2)cc(OC)c1. The van der Waals surface area contributed by atoms with Crippen LogP contribution in [-0.4, -0.2) is 56.3 Å². The molecule has 0 aliphatic rings. The van der Waals surface area contributed by atoms with Crippen LogP contribution in [-0.2, 0) is 0 Å². The zero-order valence-corrected chi connectivity index (χ0v) is 17.3. The smallest absolute Gasteiger partial charge is 0.225 e. The highest BCUT2D eigenvalue weighted by molar-refractivity contribution is 5.68. The fraction of sp³-hybridized carbons (Fsp3) is 0.273. The molecule has 2 aromatic carbocycles. The first-order valence-electron chi connectivity index (χ1n) is 9.40. The number of aromatic nitrogens is 2. The summed E-state index contributed by atoms with van der Waals surface area (Å²) < 4.78 is 10.7. The van der Waals surface area contributed by atoms with Gasteiger partial charge in [-0.15, -0.1) is 0 Å². The maximum absolute atomic E-state index is 5.36. The molecule has 7 nitrogen and oxygen atoms in total. The van der Waals surface area contributed by atoms with E-state index in [0.29, 0.717) is 23.3 Å². The van der Waals surface area contributed by atoms with Crippen molar-refractivity contribution in [2.75, 3.05) is 52.0 Å². The lowest BCUT2D eigenvalue weighted by atomic mass is 10.1. The molecule has 0 atom stereocenters. The summed E-state index contributed by atoms with van der Waals surface area (Å²) in [6.07, 6.45) is 0. The summed E-state index contributed by atoms with van der Waals surface area (Å²) in [6.45, 7) is 1.63. The Kier molecular flexibility index (Phi) is 6.86. The van der Waals surface area contributed by atoms with E-state index in [2.05, 4.69) is 25.5 Å². The monoisotopic (exact) mass is 393 g/mol. The van der Waals surface area contributed by atoms with E-state index in [1.165, 1.54) is 0 Å². The van der Waals surface area contributed by atoms with Crippen LogP contribution in [0.5, 0.6) is 11.5 Å². The summed E-state index contributed by atoms with van der Waals surface area (Å²) in [7, 11) is 7.32. The van der Waals surface area contributed by atoms with E-state index in [0.717, 1.165) is 30.0 Å². The van der Waals surface area contributed by atoms with E-state index in [4.69, 9.17) is 9.47 Å². The number of nitrogens with one attached hydrogen (secondary N) is 2. The Labute approximate surface area is 171 Å². The quantitative estimate of drug-likeness (QED) is 0.572. The Bertz CT molecular complexity index is 909. The molecule has 1 heterocycles. The van der Waals surface area contributed by atoms with Crippen LogP contribution < -0.4 is 20.1 Å². The van der Waals surface area contributed by atoms with Gasteiger partial charge in [0.1, 0.15) is 17.3 Å². The number of methoxy groups -OCH3 is 2. The second kappa shape index (κ2) is 9.75. The average Bonchev–Trinajstić information content (AvgIpc) is 2.73. The first-order chi connectivity index (χ1) is 14.1. The van der Waals surface area contributed by atoms with Gasteiger partial charge in [-0.05, 0) is 14.1 Å². The highest BCUT2D eigenvalue weighted by atomic mass is 16.5. The van der Waals surface area contributed by atoms with Crippen LogP contribution in [0.25, 0.3) is 11.3 Å². The molecule has 3 aromatic rings. The summed E-state index contributed by atoms with van der Waals surface area (Å²) in [4.78, 5) is 11.4. The molecule has 0 aliphatic carbocycles. The molecule has 0 radical (unpaired) electrons. The number of rotatable bonds is 9. The van der Waals surface area contributed by atoms with Gasteiger partial charge in [0.25, 0.3) is 0 Å². The molecule has 7 heteroatoms. The molecule has 1 aromatic heterocycles. The highest BCUT2D eigenvalue weighted by Gasteiger charge is 2.09. The van der Waals surface area contributed by atoms with E-state index in [9.17, 15) is 0 Å². The minimum atomic E-state index is 0.575. The van der Waals surface area contributed by atoms with Crippen molar-refractivity contribution in [3.05, 3.63) is 54.6 Å². The third-order valence-corrected chi connectivity index (χ3v) is 4.26. The Morgan fingerprint density at radius 2 is 1.59 bits per heavy atom. The number of anilines is 3. The van der Waals surface area contributed by atoms with E-state index < -0.39 is 0 Å². The molecular weight excluding hydrogens is 366 g/mol. The second-order valence-electron chi connectivity index (χ2n) is 6.78. The third-order valence-electron chi connectivity index (χ3n) is 4.26. The number of nitrogens with zero attached hydrogens (tertiary/aromatic N) is 3. The van der Waals surface area contributed by atoms with Crippen molar-refractivity contribution in [2.24, 2.45) is 0 Å². The topological polar surface area (TPSA) is 71.5 Å². The first-order valence-corrected chi connectivity index (χ1v) is 9.40. The van der Waals surface area contributed by atoms with Crippen molar-refractivity contribution < 1.29 is 9.47 Å². The summed E-state index contributed by atoms with van der Waals surface area (Å²) >= 11 is 0. The van der Waals surface area contributed by atoms with Crippen LogP contribution in [0.4, 0.5) is 17.5 Å². The van der Waals surface area contributed by atoms with Crippen molar-refractivity contribution in [1.29, 1.82) is 0 Å². The van der Waals surface area contributed by atoms with Crippen molar-refractivity contribution in [3.8, 4) is 22.8 Å². The predicted molar refractivity (Wildman–Crippen MR) is 117 cm³/mol. The second-order valence-corrected chi connectivity index (χ2v) is 6.78. The Hall–Kier alpha value is -3.32. The molecule has 0 saturated carbocycles. The normalized spacial score (nSPS) is 10.7. The van der Waals surface area contributed by atoms with E-state index in [-0.39, 0.29) is 0 Å². The van der Waals surface area contributed by atoms with Gasteiger partial charge in [-0.1, -0.05) is 30.3 Å². The molecule has 0 aliphatic heterocycles. The van der Waals surface area contributed by atoms with Gasteiger partial charge >= 0.3 is 0 Å². The molecule has 0 bridgehead atoms. The van der Waals surface area contributed by atoms with Gasteiger partial charge in [-0.2, -0.15) is 4.98 Å². The zero-order chi connectivity index (χ0) is 20.6. The lowest BCUT2D eigenvalue weighted by Gasteiger charge is -2.14. The van der Waals surface area contributed by atoms with E-state index in [1.54, 1.807) is 14.2 Å². The summed E-state index contributed by atoms with van der Waals surface area (Å²) in [5.41, 5.74) is 2.68. The first kappa shape index (κ1) is 20.4. The van der Waals surface area contributed by atoms with Crippen molar-refractivity contribution >= 4 is 17.5 Å². The Morgan fingerprint density at radius 1 is 0.897 bits per heavy atom. The van der Waals surface area contributed by atoms with Gasteiger partial charge in [0.05, 0.1) is 19.9 Å². The summed E-state index contributed by atoms with van der Waals surface area (Å²) in [5.74, 6) is 2.66. The number of likely N-dealkylation sites (N-methyl/N-ethyl adjacent to an activating group) is 1. The predicted octanol–water partition coefficient (Wildman–Crippen LogP) is 3.88. The van der Waals surface area contributed by atoms with Gasteiger partial charge in [0.15, 0.2) is 0 Å². The van der Waals surface area contributed by atoms with E-state index >= 15 is 0 Å². The largest absolute Gasteiger partial charge is 0.497 e. The maximum atomic E-state index is 5.36. The van der Waals surface area contributed by atoms with Gasteiger partial charge in [0.2, 0.25) is 5.95 Å².